The number of thioether (sulfide) groups is 1. The van der Waals surface area contributed by atoms with Gasteiger partial charge in [0.25, 0.3) is 0 Å². The van der Waals surface area contributed by atoms with Crippen molar-refractivity contribution in [2.45, 2.75) is 37.2 Å². The highest BCUT2D eigenvalue weighted by atomic mass is 32.2. The van der Waals surface area contributed by atoms with Crippen LogP contribution >= 0.6 is 11.8 Å². The summed E-state index contributed by atoms with van der Waals surface area (Å²) >= 11 is 1.26. The topological polar surface area (TPSA) is 102 Å². The van der Waals surface area contributed by atoms with Gasteiger partial charge in [0.1, 0.15) is 11.6 Å². The first-order valence-corrected chi connectivity index (χ1v) is 10.2. The SMILES string of the molecule is CCn1c(CC(=O)Nc2ccc(F)cc2)nnc1S[C@@H](C)C(=O)Nc1cccnc1. The van der Waals surface area contributed by atoms with Crippen molar-refractivity contribution < 1.29 is 14.0 Å². The Balaban J connectivity index is 1.62. The van der Waals surface area contributed by atoms with Gasteiger partial charge in [-0.2, -0.15) is 0 Å². The van der Waals surface area contributed by atoms with E-state index in [1.165, 1.54) is 36.0 Å². The molecule has 2 amide bonds. The fourth-order valence-electron chi connectivity index (χ4n) is 2.63. The Kier molecular flexibility index (Phi) is 7.12. The number of benzene rings is 1. The van der Waals surface area contributed by atoms with Crippen molar-refractivity contribution in [1.82, 2.24) is 19.7 Å². The zero-order valence-corrected chi connectivity index (χ0v) is 17.3. The van der Waals surface area contributed by atoms with Gasteiger partial charge in [-0.3, -0.25) is 14.6 Å². The zero-order chi connectivity index (χ0) is 21.5. The van der Waals surface area contributed by atoms with E-state index in [2.05, 4.69) is 25.8 Å². The number of pyridine rings is 1. The predicted molar refractivity (Wildman–Crippen MR) is 113 cm³/mol. The highest BCUT2D eigenvalue weighted by Gasteiger charge is 2.21. The summed E-state index contributed by atoms with van der Waals surface area (Å²) in [5.74, 6) is -0.363. The Morgan fingerprint density at radius 2 is 1.90 bits per heavy atom. The van der Waals surface area contributed by atoms with Crippen molar-refractivity contribution in [1.29, 1.82) is 0 Å². The molecule has 3 rings (SSSR count). The number of hydrogen-bond donors (Lipinski definition) is 2. The molecule has 156 valence electrons. The van der Waals surface area contributed by atoms with Crippen LogP contribution < -0.4 is 10.6 Å². The first-order chi connectivity index (χ1) is 14.5. The number of rotatable bonds is 8. The lowest BCUT2D eigenvalue weighted by atomic mass is 10.3. The minimum Gasteiger partial charge on any atom is -0.326 e. The highest BCUT2D eigenvalue weighted by Crippen LogP contribution is 2.23. The van der Waals surface area contributed by atoms with E-state index >= 15 is 0 Å². The number of halogens is 1. The summed E-state index contributed by atoms with van der Waals surface area (Å²) in [7, 11) is 0. The summed E-state index contributed by atoms with van der Waals surface area (Å²) in [6, 6.07) is 9.02. The maximum Gasteiger partial charge on any atom is 0.237 e. The van der Waals surface area contributed by atoms with Crippen LogP contribution in [0.1, 0.15) is 19.7 Å². The van der Waals surface area contributed by atoms with Crippen molar-refractivity contribution in [2.24, 2.45) is 0 Å². The fourth-order valence-corrected chi connectivity index (χ4v) is 3.56. The molecule has 0 saturated carbocycles. The number of anilines is 2. The van der Waals surface area contributed by atoms with Gasteiger partial charge in [-0.25, -0.2) is 4.39 Å². The Hall–Kier alpha value is -3.27. The molecule has 0 radical (unpaired) electrons. The molecule has 0 fully saturated rings. The zero-order valence-electron chi connectivity index (χ0n) is 16.5. The van der Waals surface area contributed by atoms with E-state index in [0.717, 1.165) is 0 Å². The quantitative estimate of drug-likeness (QED) is 0.535. The normalized spacial score (nSPS) is 11.7. The molecule has 8 nitrogen and oxygen atoms in total. The van der Waals surface area contributed by atoms with Crippen LogP contribution in [0.3, 0.4) is 0 Å². The van der Waals surface area contributed by atoms with Crippen LogP contribution in [-0.4, -0.2) is 36.8 Å². The Morgan fingerprint density at radius 3 is 2.57 bits per heavy atom. The van der Waals surface area contributed by atoms with Gasteiger partial charge in [0.05, 0.1) is 23.6 Å². The second kappa shape index (κ2) is 9.97. The van der Waals surface area contributed by atoms with E-state index < -0.39 is 5.25 Å². The van der Waals surface area contributed by atoms with Crippen LogP contribution in [0.5, 0.6) is 0 Å². The van der Waals surface area contributed by atoms with Gasteiger partial charge in [-0.05, 0) is 50.2 Å². The minimum absolute atomic E-state index is 0.00897. The average Bonchev–Trinajstić information content (AvgIpc) is 3.11. The maximum absolute atomic E-state index is 13.0. The minimum atomic E-state index is -0.430. The third-order valence-electron chi connectivity index (χ3n) is 4.14. The molecule has 30 heavy (non-hydrogen) atoms. The lowest BCUT2D eigenvalue weighted by Gasteiger charge is -2.12. The second-order valence-electron chi connectivity index (χ2n) is 6.37. The molecule has 0 aliphatic carbocycles. The van der Waals surface area contributed by atoms with Gasteiger partial charge < -0.3 is 15.2 Å². The van der Waals surface area contributed by atoms with Gasteiger partial charge in [-0.15, -0.1) is 10.2 Å². The lowest BCUT2D eigenvalue weighted by Crippen LogP contribution is -2.23. The van der Waals surface area contributed by atoms with E-state index in [1.807, 2.05) is 6.92 Å². The van der Waals surface area contributed by atoms with Crippen LogP contribution in [-0.2, 0) is 22.6 Å². The Labute approximate surface area is 177 Å². The number of nitrogens with one attached hydrogen (secondary N) is 2. The van der Waals surface area contributed by atoms with E-state index in [4.69, 9.17) is 0 Å². The molecule has 10 heteroatoms. The van der Waals surface area contributed by atoms with Crippen LogP contribution in [0.2, 0.25) is 0 Å². The molecule has 2 N–H and O–H groups in total. The largest absolute Gasteiger partial charge is 0.326 e. The van der Waals surface area contributed by atoms with Crippen molar-refractivity contribution in [3.8, 4) is 0 Å². The smallest absolute Gasteiger partial charge is 0.237 e. The first kappa shape index (κ1) is 21.4. The van der Waals surface area contributed by atoms with Gasteiger partial charge in [-0.1, -0.05) is 11.8 Å². The molecule has 0 bridgehead atoms. The summed E-state index contributed by atoms with van der Waals surface area (Å²) in [6.45, 7) is 4.23. The molecule has 2 heterocycles. The number of hydrogen-bond acceptors (Lipinski definition) is 6. The molecule has 0 spiro atoms. The summed E-state index contributed by atoms with van der Waals surface area (Å²) in [4.78, 5) is 28.7. The molecule has 1 aromatic carbocycles. The van der Waals surface area contributed by atoms with E-state index in [9.17, 15) is 14.0 Å². The lowest BCUT2D eigenvalue weighted by molar-refractivity contribution is -0.116. The highest BCUT2D eigenvalue weighted by molar-refractivity contribution is 8.00. The second-order valence-corrected chi connectivity index (χ2v) is 7.67. The predicted octanol–water partition coefficient (Wildman–Crippen LogP) is 3.13. The third kappa shape index (κ3) is 5.63. The summed E-state index contributed by atoms with van der Waals surface area (Å²) < 4.78 is 14.8. The molecule has 0 aliphatic rings. The number of aromatic nitrogens is 4. The number of carbonyl (C=O) groups is 2. The summed E-state index contributed by atoms with van der Waals surface area (Å²) in [5, 5.41) is 13.9. The molecular weight excluding hydrogens is 407 g/mol. The van der Waals surface area contributed by atoms with Crippen LogP contribution in [0.4, 0.5) is 15.8 Å². The van der Waals surface area contributed by atoms with Crippen molar-refractivity contribution in [3.05, 3.63) is 60.4 Å². The molecule has 0 unspecified atom stereocenters. The standard InChI is InChI=1S/C20H21FN6O2S/c1-3-27-17(11-18(28)23-15-8-6-14(21)7-9-15)25-26-20(27)30-13(2)19(29)24-16-5-4-10-22-12-16/h4-10,12-13H,3,11H2,1-2H3,(H,23,28)(H,24,29)/t13-/m0/s1. The van der Waals surface area contributed by atoms with Crippen molar-refractivity contribution >= 4 is 35.0 Å². The molecule has 0 saturated heterocycles. The van der Waals surface area contributed by atoms with Crippen LogP contribution in [0.25, 0.3) is 0 Å². The number of amides is 2. The molecule has 2 aromatic heterocycles. The maximum atomic E-state index is 13.0. The molecule has 1 atom stereocenters. The van der Waals surface area contributed by atoms with E-state index in [1.54, 1.807) is 36.0 Å². The summed E-state index contributed by atoms with van der Waals surface area (Å²) in [6.07, 6.45) is 3.21. The Bertz CT molecular complexity index is 1010. The molecule has 0 aliphatic heterocycles. The number of nitrogens with zero attached hydrogens (tertiary/aromatic N) is 4. The van der Waals surface area contributed by atoms with Crippen LogP contribution in [0.15, 0.2) is 53.9 Å². The third-order valence-corrected chi connectivity index (χ3v) is 5.22. The summed E-state index contributed by atoms with van der Waals surface area (Å²) in [5.41, 5.74) is 1.12. The van der Waals surface area contributed by atoms with Gasteiger partial charge in [0.2, 0.25) is 11.8 Å². The van der Waals surface area contributed by atoms with Crippen molar-refractivity contribution in [2.75, 3.05) is 10.6 Å². The monoisotopic (exact) mass is 428 g/mol. The van der Waals surface area contributed by atoms with Crippen LogP contribution in [0, 0.1) is 5.82 Å². The van der Waals surface area contributed by atoms with E-state index in [0.29, 0.717) is 28.9 Å². The van der Waals surface area contributed by atoms with Gasteiger partial charge in [0, 0.05) is 18.4 Å². The fraction of sp³-hybridized carbons (Fsp3) is 0.250. The van der Waals surface area contributed by atoms with Crippen molar-refractivity contribution in [3.63, 3.8) is 0 Å². The average molecular weight is 428 g/mol. The van der Waals surface area contributed by atoms with Gasteiger partial charge in [0.15, 0.2) is 5.16 Å². The Morgan fingerprint density at radius 1 is 1.13 bits per heavy atom. The van der Waals surface area contributed by atoms with Gasteiger partial charge >= 0.3 is 0 Å². The number of carbonyl (C=O) groups excluding carboxylic acids is 2. The first-order valence-electron chi connectivity index (χ1n) is 9.31. The van der Waals surface area contributed by atoms with E-state index in [-0.39, 0.29) is 24.1 Å². The molecular formula is C20H21FN6O2S. The molecule has 3 aromatic rings.